The van der Waals surface area contributed by atoms with E-state index in [1.54, 1.807) is 0 Å². The second-order valence-electron chi connectivity index (χ2n) is 12.3. The van der Waals surface area contributed by atoms with Crippen molar-refractivity contribution in [1.29, 1.82) is 0 Å². The van der Waals surface area contributed by atoms with Crippen LogP contribution in [-0.2, 0) is 17.6 Å². The molecule has 0 saturated carbocycles. The van der Waals surface area contributed by atoms with Gasteiger partial charge in [-0.1, -0.05) is 82.9 Å². The summed E-state index contributed by atoms with van der Waals surface area (Å²) in [7, 11) is 2.01. The van der Waals surface area contributed by atoms with Gasteiger partial charge in [0.1, 0.15) is 5.54 Å². The van der Waals surface area contributed by atoms with E-state index >= 15 is 0 Å². The highest BCUT2D eigenvalue weighted by molar-refractivity contribution is 5.88. The van der Waals surface area contributed by atoms with Crippen LogP contribution in [0.25, 0.3) is 0 Å². The molecule has 4 nitrogen and oxygen atoms in total. The van der Waals surface area contributed by atoms with Crippen molar-refractivity contribution in [3.8, 4) is 0 Å². The lowest BCUT2D eigenvalue weighted by Crippen LogP contribution is -2.64. The molecule has 5 rings (SSSR count). The third-order valence-corrected chi connectivity index (χ3v) is 9.30. The fraction of sp³-hybridized carbons (Fsp3) is 0.457. The van der Waals surface area contributed by atoms with Crippen LogP contribution in [-0.4, -0.2) is 59.4 Å². The van der Waals surface area contributed by atoms with Gasteiger partial charge in [0.2, 0.25) is 5.91 Å². The van der Waals surface area contributed by atoms with Gasteiger partial charge in [-0.3, -0.25) is 14.6 Å². The summed E-state index contributed by atoms with van der Waals surface area (Å²) in [5.74, 6) is 0.251. The van der Waals surface area contributed by atoms with E-state index in [-0.39, 0.29) is 24.4 Å². The Morgan fingerprint density at radius 1 is 0.750 bits per heavy atom. The summed E-state index contributed by atoms with van der Waals surface area (Å²) in [6.07, 6.45) is 1.58. The Bertz CT molecular complexity index is 1290. The van der Waals surface area contributed by atoms with Crippen molar-refractivity contribution in [3.05, 3.63) is 105 Å². The number of amides is 1. The highest BCUT2D eigenvalue weighted by atomic mass is 35.5. The van der Waals surface area contributed by atoms with E-state index in [0.717, 1.165) is 39.0 Å². The smallest absolute Gasteiger partial charge is 0.244 e. The fourth-order valence-electron chi connectivity index (χ4n) is 7.08. The Morgan fingerprint density at radius 3 is 1.68 bits per heavy atom. The quantitative estimate of drug-likeness (QED) is 0.333. The van der Waals surface area contributed by atoms with Gasteiger partial charge in [-0.05, 0) is 63.8 Å². The molecule has 0 N–H and O–H groups in total. The van der Waals surface area contributed by atoms with Crippen molar-refractivity contribution in [3.63, 3.8) is 0 Å². The predicted molar refractivity (Wildman–Crippen MR) is 168 cm³/mol. The summed E-state index contributed by atoms with van der Waals surface area (Å²) >= 11 is 0. The largest absolute Gasteiger partial charge is 0.337 e. The van der Waals surface area contributed by atoms with Gasteiger partial charge in [-0.25, -0.2) is 0 Å². The van der Waals surface area contributed by atoms with Crippen LogP contribution in [0.1, 0.15) is 70.4 Å². The van der Waals surface area contributed by atoms with Crippen molar-refractivity contribution in [2.75, 3.05) is 33.2 Å². The van der Waals surface area contributed by atoms with Gasteiger partial charge < -0.3 is 4.90 Å². The van der Waals surface area contributed by atoms with Crippen LogP contribution in [0.4, 0.5) is 0 Å². The van der Waals surface area contributed by atoms with Gasteiger partial charge in [0.25, 0.3) is 0 Å². The molecule has 214 valence electrons. The summed E-state index contributed by atoms with van der Waals surface area (Å²) in [6.45, 7) is 16.9. The number of likely N-dealkylation sites (N-methyl/N-ethyl adjacent to an activating group) is 1. The minimum Gasteiger partial charge on any atom is -0.337 e. The van der Waals surface area contributed by atoms with Crippen LogP contribution >= 0.6 is 12.4 Å². The lowest BCUT2D eigenvalue weighted by molar-refractivity contribution is -0.146. The molecule has 0 unspecified atom stereocenters. The first kappa shape index (κ1) is 30.3. The summed E-state index contributed by atoms with van der Waals surface area (Å²) in [5, 5.41) is 0. The first-order valence-corrected chi connectivity index (χ1v) is 14.6. The van der Waals surface area contributed by atoms with Crippen LogP contribution in [0.2, 0.25) is 0 Å². The third kappa shape index (κ3) is 5.86. The molecule has 0 bridgehead atoms. The summed E-state index contributed by atoms with van der Waals surface area (Å²) < 4.78 is 0. The molecule has 0 aromatic heterocycles. The maximum atomic E-state index is 14.6. The maximum Gasteiger partial charge on any atom is 0.244 e. The van der Waals surface area contributed by atoms with Crippen LogP contribution in [0, 0.1) is 27.7 Å². The Hall–Kier alpha value is -2.66. The minimum atomic E-state index is -0.527. The zero-order valence-corrected chi connectivity index (χ0v) is 26.1. The van der Waals surface area contributed by atoms with Crippen molar-refractivity contribution in [2.45, 2.75) is 72.0 Å². The predicted octanol–water partition coefficient (Wildman–Crippen LogP) is 6.78. The molecular weight excluding hydrogens is 514 g/mol. The van der Waals surface area contributed by atoms with Gasteiger partial charge in [0.15, 0.2) is 0 Å². The van der Waals surface area contributed by atoms with Gasteiger partial charge in [-0.15, -0.1) is 12.4 Å². The normalized spacial score (nSPS) is 18.5. The van der Waals surface area contributed by atoms with Gasteiger partial charge in [0.05, 0.1) is 6.04 Å². The number of benzene rings is 3. The number of carbonyl (C=O) groups excluding carboxylic acids is 1. The van der Waals surface area contributed by atoms with Gasteiger partial charge >= 0.3 is 0 Å². The van der Waals surface area contributed by atoms with Crippen LogP contribution in [0.15, 0.2) is 60.7 Å². The Balaban J connectivity index is 0.00000370. The second-order valence-corrected chi connectivity index (χ2v) is 12.3. The molecule has 2 atom stereocenters. The zero-order valence-electron chi connectivity index (χ0n) is 25.3. The number of halogens is 1. The molecule has 5 heteroatoms. The number of hydrogen-bond donors (Lipinski definition) is 0. The Labute approximate surface area is 247 Å². The highest BCUT2D eigenvalue weighted by Gasteiger charge is 2.51. The van der Waals surface area contributed by atoms with Gasteiger partial charge in [-0.2, -0.15) is 0 Å². The fourth-order valence-corrected chi connectivity index (χ4v) is 7.08. The minimum absolute atomic E-state index is 0. The van der Waals surface area contributed by atoms with Crippen molar-refractivity contribution < 1.29 is 4.79 Å². The second kappa shape index (κ2) is 12.1. The van der Waals surface area contributed by atoms with E-state index in [1.165, 1.54) is 44.5 Å². The molecule has 1 aliphatic heterocycles. The zero-order chi connectivity index (χ0) is 27.9. The monoisotopic (exact) mass is 559 g/mol. The lowest BCUT2D eigenvalue weighted by atomic mass is 9.89. The molecule has 0 spiro atoms. The molecular formula is C35H46ClN3O. The van der Waals surface area contributed by atoms with Crippen LogP contribution in [0.3, 0.4) is 0 Å². The van der Waals surface area contributed by atoms with Crippen molar-refractivity contribution in [2.24, 2.45) is 0 Å². The number of aryl methyl sites for hydroxylation is 4. The Morgan fingerprint density at radius 2 is 1.20 bits per heavy atom. The molecule has 1 aliphatic carbocycles. The topological polar surface area (TPSA) is 26.8 Å². The van der Waals surface area contributed by atoms with E-state index in [4.69, 9.17) is 0 Å². The van der Waals surface area contributed by atoms with E-state index in [0.29, 0.717) is 6.04 Å². The number of piperazine rings is 1. The average Bonchev–Trinajstić information content (AvgIpc) is 3.31. The van der Waals surface area contributed by atoms with Crippen molar-refractivity contribution >= 4 is 18.3 Å². The number of hydrogen-bond acceptors (Lipinski definition) is 3. The van der Waals surface area contributed by atoms with Crippen LogP contribution < -0.4 is 0 Å². The molecule has 1 saturated heterocycles. The first-order valence-electron chi connectivity index (χ1n) is 14.6. The molecule has 2 aliphatic rings. The average molecular weight is 560 g/mol. The lowest BCUT2D eigenvalue weighted by Gasteiger charge is -2.48. The van der Waals surface area contributed by atoms with E-state index in [2.05, 4.69) is 112 Å². The van der Waals surface area contributed by atoms with Crippen molar-refractivity contribution in [1.82, 2.24) is 14.7 Å². The standard InChI is InChI=1S/C35H45N3O.ClH/c1-24-16-25(2)19-32(18-24)28(5)36(7)34(39)35(22-30-10-8-9-11-31(30)23-35)38-14-12-37(13-15-38)29(6)33-20-26(3)17-27(4)21-33;/h8-11,16-21,28-29H,12-15,22-23H2,1-7H3;1H/t28-,29-;/m0./s1. The molecule has 40 heavy (non-hydrogen) atoms. The number of carbonyl (C=O) groups is 1. The number of fused-ring (bicyclic) bond motifs is 1. The van der Waals surface area contributed by atoms with E-state index in [1.807, 2.05) is 11.9 Å². The van der Waals surface area contributed by atoms with Gasteiger partial charge in [0, 0.05) is 52.1 Å². The maximum absolute atomic E-state index is 14.6. The van der Waals surface area contributed by atoms with E-state index < -0.39 is 5.54 Å². The molecule has 1 amide bonds. The number of nitrogens with zero attached hydrogens (tertiary/aromatic N) is 3. The summed E-state index contributed by atoms with van der Waals surface area (Å²) in [4.78, 5) is 21.7. The number of rotatable bonds is 6. The van der Waals surface area contributed by atoms with Crippen LogP contribution in [0.5, 0.6) is 0 Å². The molecule has 1 heterocycles. The SMILES string of the molecule is Cc1cc(C)cc([C@H](C)N2CCN(C3(C(=O)N(C)[C@@H](C)c4cc(C)cc(C)c4)Cc4ccccc4C3)CC2)c1.Cl. The first-order chi connectivity index (χ1) is 18.6. The van der Waals surface area contributed by atoms with E-state index in [9.17, 15) is 4.79 Å². The molecule has 3 aromatic rings. The molecule has 3 aromatic carbocycles. The third-order valence-electron chi connectivity index (χ3n) is 9.30. The highest BCUT2D eigenvalue weighted by Crippen LogP contribution is 2.39. The summed E-state index contributed by atoms with van der Waals surface area (Å²) in [6, 6.07) is 22.6. The Kier molecular flexibility index (Phi) is 9.14. The molecule has 1 fully saturated rings. The summed E-state index contributed by atoms with van der Waals surface area (Å²) in [5.41, 5.74) is 9.86. The molecule has 0 radical (unpaired) electrons.